The minimum absolute atomic E-state index is 0.226. The predicted octanol–water partition coefficient (Wildman–Crippen LogP) is 2.91. The summed E-state index contributed by atoms with van der Waals surface area (Å²) in [5.74, 6) is 1.13. The number of imidazole rings is 1. The van der Waals surface area contributed by atoms with Gasteiger partial charge < -0.3 is 14.8 Å². The second-order valence-electron chi connectivity index (χ2n) is 6.06. The van der Waals surface area contributed by atoms with E-state index in [4.69, 9.17) is 0 Å². The smallest absolute Gasteiger partial charge is 0.227 e. The van der Waals surface area contributed by atoms with Crippen LogP contribution in [0.15, 0.2) is 41.8 Å². The van der Waals surface area contributed by atoms with Gasteiger partial charge in [0.25, 0.3) is 0 Å². The summed E-state index contributed by atoms with van der Waals surface area (Å²) in [7, 11) is 0. The Morgan fingerprint density at radius 1 is 1.12 bits per heavy atom. The van der Waals surface area contributed by atoms with Crippen molar-refractivity contribution in [2.45, 2.75) is 12.8 Å². The number of thiophene rings is 1. The lowest BCUT2D eigenvalue weighted by Gasteiger charge is -2.21. The highest BCUT2D eigenvalue weighted by atomic mass is 32.1. The second-order valence-corrected chi connectivity index (χ2v) is 7.09. The fraction of sp³-hybridized carbons (Fsp3) is 0.333. The van der Waals surface area contributed by atoms with Crippen molar-refractivity contribution in [1.29, 1.82) is 0 Å². The standard InChI is InChI=1S/C18H20N4OS/c23-17(13-14-5-3-12-24-14)21-8-4-9-22(11-10-21)18-19-15-6-1-2-7-16(15)20-18/h1-3,5-7,12H,4,8-11,13H2,(H,19,20). The number of aromatic nitrogens is 2. The van der Waals surface area contributed by atoms with Crippen molar-refractivity contribution < 1.29 is 4.79 Å². The summed E-state index contributed by atoms with van der Waals surface area (Å²) in [5.41, 5.74) is 2.05. The van der Waals surface area contributed by atoms with Gasteiger partial charge >= 0.3 is 0 Å². The van der Waals surface area contributed by atoms with E-state index in [0.29, 0.717) is 6.42 Å². The molecule has 0 spiro atoms. The Bertz CT molecular complexity index is 794. The lowest BCUT2D eigenvalue weighted by atomic mass is 10.3. The molecule has 5 nitrogen and oxygen atoms in total. The molecule has 24 heavy (non-hydrogen) atoms. The van der Waals surface area contributed by atoms with Crippen LogP contribution >= 0.6 is 11.3 Å². The summed E-state index contributed by atoms with van der Waals surface area (Å²) in [6.45, 7) is 3.31. The Balaban J connectivity index is 1.43. The molecule has 1 aromatic carbocycles. The molecule has 1 N–H and O–H groups in total. The first-order chi connectivity index (χ1) is 11.8. The van der Waals surface area contributed by atoms with Crippen LogP contribution in [0.1, 0.15) is 11.3 Å². The van der Waals surface area contributed by atoms with Gasteiger partial charge in [-0.1, -0.05) is 18.2 Å². The van der Waals surface area contributed by atoms with E-state index >= 15 is 0 Å². The van der Waals surface area contributed by atoms with Crippen molar-refractivity contribution >= 4 is 34.2 Å². The van der Waals surface area contributed by atoms with Gasteiger partial charge in [-0.15, -0.1) is 11.3 Å². The van der Waals surface area contributed by atoms with E-state index in [2.05, 4.69) is 14.9 Å². The monoisotopic (exact) mass is 340 g/mol. The molecule has 6 heteroatoms. The third-order valence-electron chi connectivity index (χ3n) is 4.43. The van der Waals surface area contributed by atoms with E-state index in [1.54, 1.807) is 11.3 Å². The van der Waals surface area contributed by atoms with Crippen molar-refractivity contribution in [2.24, 2.45) is 0 Å². The van der Waals surface area contributed by atoms with Crippen LogP contribution in [0.4, 0.5) is 5.95 Å². The van der Waals surface area contributed by atoms with E-state index in [0.717, 1.165) is 54.5 Å². The number of aromatic amines is 1. The number of para-hydroxylation sites is 2. The number of hydrogen-bond donors (Lipinski definition) is 1. The number of amides is 1. The Labute approximate surface area is 144 Å². The van der Waals surface area contributed by atoms with Gasteiger partial charge in [-0.25, -0.2) is 4.98 Å². The molecule has 4 rings (SSSR count). The molecule has 3 aromatic rings. The molecule has 2 aromatic heterocycles. The van der Waals surface area contributed by atoms with Gasteiger partial charge in [0.2, 0.25) is 11.9 Å². The minimum Gasteiger partial charge on any atom is -0.341 e. The fourth-order valence-corrected chi connectivity index (χ4v) is 3.84. The molecular weight excluding hydrogens is 320 g/mol. The van der Waals surface area contributed by atoms with Gasteiger partial charge in [-0.05, 0) is 30.0 Å². The van der Waals surface area contributed by atoms with Crippen molar-refractivity contribution in [2.75, 3.05) is 31.1 Å². The summed E-state index contributed by atoms with van der Waals surface area (Å²) in [6.07, 6.45) is 1.48. The number of carbonyl (C=O) groups excluding carboxylic acids is 1. The second kappa shape index (κ2) is 6.65. The van der Waals surface area contributed by atoms with Gasteiger partial charge in [0.1, 0.15) is 0 Å². The fourth-order valence-electron chi connectivity index (χ4n) is 3.14. The Morgan fingerprint density at radius 3 is 2.88 bits per heavy atom. The van der Waals surface area contributed by atoms with Crippen LogP contribution in [-0.2, 0) is 11.2 Å². The summed E-state index contributed by atoms with van der Waals surface area (Å²) in [4.78, 5) is 25.9. The highest BCUT2D eigenvalue weighted by Crippen LogP contribution is 2.19. The van der Waals surface area contributed by atoms with Crippen LogP contribution in [0.5, 0.6) is 0 Å². The molecule has 1 aliphatic heterocycles. The minimum atomic E-state index is 0.226. The molecule has 0 aliphatic carbocycles. The van der Waals surface area contributed by atoms with E-state index in [1.165, 1.54) is 0 Å². The highest BCUT2D eigenvalue weighted by Gasteiger charge is 2.21. The summed E-state index contributed by atoms with van der Waals surface area (Å²) >= 11 is 1.65. The van der Waals surface area contributed by atoms with Crippen LogP contribution in [0.25, 0.3) is 11.0 Å². The number of fused-ring (bicyclic) bond motifs is 1. The van der Waals surface area contributed by atoms with Gasteiger partial charge in [-0.3, -0.25) is 4.79 Å². The number of carbonyl (C=O) groups is 1. The lowest BCUT2D eigenvalue weighted by molar-refractivity contribution is -0.130. The average molecular weight is 340 g/mol. The van der Waals surface area contributed by atoms with Crippen LogP contribution < -0.4 is 4.90 Å². The maximum Gasteiger partial charge on any atom is 0.227 e. The maximum atomic E-state index is 12.5. The summed E-state index contributed by atoms with van der Waals surface area (Å²) in [6, 6.07) is 12.1. The van der Waals surface area contributed by atoms with E-state index < -0.39 is 0 Å². The van der Waals surface area contributed by atoms with Gasteiger partial charge in [0, 0.05) is 31.1 Å². The van der Waals surface area contributed by atoms with Crippen molar-refractivity contribution in [3.63, 3.8) is 0 Å². The molecule has 0 saturated carbocycles. The van der Waals surface area contributed by atoms with Crippen molar-refractivity contribution in [1.82, 2.24) is 14.9 Å². The van der Waals surface area contributed by atoms with E-state index in [1.807, 2.05) is 46.7 Å². The molecule has 0 unspecified atom stereocenters. The van der Waals surface area contributed by atoms with Crippen LogP contribution in [0.2, 0.25) is 0 Å². The van der Waals surface area contributed by atoms with Crippen molar-refractivity contribution in [3.05, 3.63) is 46.7 Å². The first-order valence-electron chi connectivity index (χ1n) is 8.29. The number of nitrogens with zero attached hydrogens (tertiary/aromatic N) is 3. The number of H-pyrrole nitrogens is 1. The first kappa shape index (κ1) is 15.2. The molecule has 1 saturated heterocycles. The number of anilines is 1. The van der Waals surface area contributed by atoms with Gasteiger partial charge in [0.05, 0.1) is 17.5 Å². The van der Waals surface area contributed by atoms with Gasteiger partial charge in [-0.2, -0.15) is 0 Å². The third-order valence-corrected chi connectivity index (χ3v) is 5.31. The van der Waals surface area contributed by atoms with Crippen LogP contribution in [0.3, 0.4) is 0 Å². The maximum absolute atomic E-state index is 12.5. The largest absolute Gasteiger partial charge is 0.341 e. The van der Waals surface area contributed by atoms with Crippen LogP contribution in [0, 0.1) is 0 Å². The zero-order valence-electron chi connectivity index (χ0n) is 13.4. The molecule has 1 amide bonds. The zero-order chi connectivity index (χ0) is 16.4. The third kappa shape index (κ3) is 3.14. The molecule has 0 radical (unpaired) electrons. The zero-order valence-corrected chi connectivity index (χ0v) is 14.3. The highest BCUT2D eigenvalue weighted by molar-refractivity contribution is 7.10. The predicted molar refractivity (Wildman–Crippen MR) is 97.5 cm³/mol. The Kier molecular flexibility index (Phi) is 4.21. The first-order valence-corrected chi connectivity index (χ1v) is 9.17. The van der Waals surface area contributed by atoms with E-state index in [9.17, 15) is 4.79 Å². The average Bonchev–Trinajstić information content (AvgIpc) is 3.18. The molecule has 1 aliphatic rings. The number of benzene rings is 1. The Hall–Kier alpha value is -2.34. The number of hydrogen-bond acceptors (Lipinski definition) is 4. The molecule has 0 bridgehead atoms. The molecule has 0 atom stereocenters. The number of rotatable bonds is 3. The SMILES string of the molecule is O=C(Cc1cccs1)N1CCCN(c2nc3ccccc3[nH]2)CC1. The number of nitrogens with one attached hydrogen (secondary N) is 1. The molecule has 124 valence electrons. The van der Waals surface area contributed by atoms with Crippen LogP contribution in [-0.4, -0.2) is 47.0 Å². The summed E-state index contributed by atoms with van der Waals surface area (Å²) in [5, 5.41) is 2.02. The Morgan fingerprint density at radius 2 is 2.04 bits per heavy atom. The molecular formula is C18H20N4OS. The van der Waals surface area contributed by atoms with Gasteiger partial charge in [0.15, 0.2) is 0 Å². The topological polar surface area (TPSA) is 52.2 Å². The lowest BCUT2D eigenvalue weighted by Crippen LogP contribution is -2.36. The van der Waals surface area contributed by atoms with Crippen molar-refractivity contribution in [3.8, 4) is 0 Å². The summed E-state index contributed by atoms with van der Waals surface area (Å²) < 4.78 is 0. The molecule has 3 heterocycles. The normalized spacial score (nSPS) is 15.7. The quantitative estimate of drug-likeness (QED) is 0.798. The van der Waals surface area contributed by atoms with E-state index in [-0.39, 0.29) is 5.91 Å². The molecule has 1 fully saturated rings.